The molecule has 0 bridgehead atoms. The van der Waals surface area contributed by atoms with Gasteiger partial charge in [-0.2, -0.15) is 0 Å². The highest BCUT2D eigenvalue weighted by Crippen LogP contribution is 2.14. The smallest absolute Gasteiger partial charge is 0.373 e. The predicted molar refractivity (Wildman–Crippen MR) is 64.5 cm³/mol. The molecule has 0 spiro atoms. The first-order chi connectivity index (χ1) is 7.24. The third kappa shape index (κ3) is 6.30. The van der Waals surface area contributed by atoms with Gasteiger partial charge in [0.1, 0.15) is 0 Å². The Morgan fingerprint density at radius 2 is 1.13 bits per heavy atom. The fourth-order valence-electron chi connectivity index (χ4n) is 1.11. The highest BCUT2D eigenvalue weighted by Gasteiger charge is 2.38. The lowest BCUT2D eigenvalue weighted by atomic mass is 10.5. The van der Waals surface area contributed by atoms with Crippen LogP contribution in [0.2, 0.25) is 0 Å². The monoisotopic (exact) mass is 233 g/mol. The lowest BCUT2D eigenvalue weighted by Gasteiger charge is -2.28. The molecule has 3 nitrogen and oxygen atoms in total. The summed E-state index contributed by atoms with van der Waals surface area (Å²) in [5.74, 6) is 0. The molecule has 91 valence electrons. The summed E-state index contributed by atoms with van der Waals surface area (Å²) in [5.41, 5.74) is 0. The molecule has 0 aromatic heterocycles. The second-order valence-corrected chi connectivity index (χ2v) is 6.09. The van der Waals surface area contributed by atoms with Crippen LogP contribution >= 0.6 is 0 Å². The van der Waals surface area contributed by atoms with Gasteiger partial charge in [-0.15, -0.1) is 0 Å². The van der Waals surface area contributed by atoms with Gasteiger partial charge in [0.25, 0.3) is 0 Å². The minimum absolute atomic E-state index is 0.712. The summed E-state index contributed by atoms with van der Waals surface area (Å²) in [6.45, 7) is 10.4. The molecule has 0 fully saturated rings. The highest BCUT2D eigenvalue weighted by atomic mass is 28.4. The molecule has 0 aromatic rings. The van der Waals surface area contributed by atoms with Gasteiger partial charge >= 0.3 is 8.80 Å². The molecule has 0 aliphatic heterocycles. The SMILES string of the molecule is C[CH][Si](OCCC)(OCCC)OCCC. The van der Waals surface area contributed by atoms with Crippen molar-refractivity contribution in [2.45, 2.75) is 47.0 Å². The Bertz CT molecular complexity index is 120. The van der Waals surface area contributed by atoms with Crippen LogP contribution in [0.5, 0.6) is 0 Å². The Morgan fingerprint density at radius 1 is 0.800 bits per heavy atom. The van der Waals surface area contributed by atoms with Crippen LogP contribution in [0.4, 0.5) is 0 Å². The second-order valence-electron chi connectivity index (χ2n) is 3.44. The normalized spacial score (nSPS) is 12.0. The molecule has 0 heterocycles. The molecule has 0 saturated carbocycles. The van der Waals surface area contributed by atoms with Crippen molar-refractivity contribution in [3.63, 3.8) is 0 Å². The molecule has 4 heteroatoms. The van der Waals surface area contributed by atoms with Crippen LogP contribution in [0.25, 0.3) is 0 Å². The summed E-state index contributed by atoms with van der Waals surface area (Å²) in [4.78, 5) is 0. The Hall–Kier alpha value is 0.0969. The Kier molecular flexibility index (Phi) is 9.39. The van der Waals surface area contributed by atoms with E-state index >= 15 is 0 Å². The fourth-order valence-corrected chi connectivity index (χ4v) is 3.32. The molecular formula is C11H25O3Si. The molecule has 0 rings (SSSR count). The molecular weight excluding hydrogens is 208 g/mol. The molecule has 0 atom stereocenters. The summed E-state index contributed by atoms with van der Waals surface area (Å²) in [7, 11) is -2.46. The second kappa shape index (κ2) is 9.33. The van der Waals surface area contributed by atoms with E-state index in [0.717, 1.165) is 19.3 Å². The van der Waals surface area contributed by atoms with E-state index in [4.69, 9.17) is 13.3 Å². The third-order valence-electron chi connectivity index (χ3n) is 1.88. The maximum atomic E-state index is 5.77. The van der Waals surface area contributed by atoms with E-state index in [2.05, 4.69) is 20.8 Å². The van der Waals surface area contributed by atoms with Crippen LogP contribution < -0.4 is 0 Å². The zero-order valence-electron chi connectivity index (χ0n) is 10.5. The summed E-state index contributed by atoms with van der Waals surface area (Å²) >= 11 is 0. The summed E-state index contributed by atoms with van der Waals surface area (Å²) in [6.07, 6.45) is 2.98. The average molecular weight is 233 g/mol. The first kappa shape index (κ1) is 15.1. The summed E-state index contributed by atoms with van der Waals surface area (Å²) < 4.78 is 17.3. The third-order valence-corrected chi connectivity index (χ3v) is 4.40. The Labute approximate surface area is 95.5 Å². The van der Waals surface area contributed by atoms with E-state index in [1.807, 2.05) is 13.0 Å². The number of rotatable bonds is 10. The molecule has 0 aromatic carbocycles. The van der Waals surface area contributed by atoms with E-state index < -0.39 is 8.80 Å². The van der Waals surface area contributed by atoms with Crippen molar-refractivity contribution in [2.24, 2.45) is 0 Å². The van der Waals surface area contributed by atoms with Crippen LogP contribution in [0, 0.1) is 6.04 Å². The topological polar surface area (TPSA) is 27.7 Å². The molecule has 0 unspecified atom stereocenters. The Balaban J connectivity index is 4.16. The van der Waals surface area contributed by atoms with Crippen molar-refractivity contribution in [1.29, 1.82) is 0 Å². The van der Waals surface area contributed by atoms with E-state index in [9.17, 15) is 0 Å². The van der Waals surface area contributed by atoms with Gasteiger partial charge in [-0.1, -0.05) is 27.7 Å². The van der Waals surface area contributed by atoms with Gasteiger partial charge in [-0.05, 0) is 19.3 Å². The van der Waals surface area contributed by atoms with Gasteiger partial charge in [0, 0.05) is 25.9 Å². The van der Waals surface area contributed by atoms with Crippen LogP contribution in [0.3, 0.4) is 0 Å². The van der Waals surface area contributed by atoms with E-state index in [-0.39, 0.29) is 0 Å². The van der Waals surface area contributed by atoms with Crippen LogP contribution in [-0.4, -0.2) is 28.6 Å². The van der Waals surface area contributed by atoms with Gasteiger partial charge in [-0.25, -0.2) is 0 Å². The zero-order chi connectivity index (χ0) is 11.6. The molecule has 0 N–H and O–H groups in total. The van der Waals surface area contributed by atoms with Crippen molar-refractivity contribution < 1.29 is 13.3 Å². The largest absolute Gasteiger partial charge is 0.504 e. The maximum absolute atomic E-state index is 5.77. The van der Waals surface area contributed by atoms with E-state index in [1.165, 1.54) is 0 Å². The predicted octanol–water partition coefficient (Wildman–Crippen LogP) is 2.97. The molecule has 1 radical (unpaired) electrons. The number of hydrogen-bond donors (Lipinski definition) is 0. The quantitative estimate of drug-likeness (QED) is 0.543. The highest BCUT2D eigenvalue weighted by molar-refractivity contribution is 6.64. The molecule has 0 aliphatic rings. The summed E-state index contributed by atoms with van der Waals surface area (Å²) in [5, 5.41) is 0. The molecule has 15 heavy (non-hydrogen) atoms. The van der Waals surface area contributed by atoms with Crippen molar-refractivity contribution in [1.82, 2.24) is 0 Å². The fraction of sp³-hybridized carbons (Fsp3) is 0.909. The molecule has 0 saturated heterocycles. The van der Waals surface area contributed by atoms with Gasteiger partial charge in [0.15, 0.2) is 0 Å². The number of hydrogen-bond acceptors (Lipinski definition) is 3. The average Bonchev–Trinajstić information content (AvgIpc) is 2.29. The van der Waals surface area contributed by atoms with Crippen molar-refractivity contribution >= 4 is 8.80 Å². The minimum Gasteiger partial charge on any atom is -0.373 e. The Morgan fingerprint density at radius 3 is 1.33 bits per heavy atom. The van der Waals surface area contributed by atoms with Gasteiger partial charge < -0.3 is 13.3 Å². The first-order valence-corrected chi connectivity index (χ1v) is 7.77. The van der Waals surface area contributed by atoms with Crippen molar-refractivity contribution in [2.75, 3.05) is 19.8 Å². The molecule has 0 aliphatic carbocycles. The van der Waals surface area contributed by atoms with Crippen LogP contribution in [-0.2, 0) is 13.3 Å². The van der Waals surface area contributed by atoms with E-state index in [0.29, 0.717) is 19.8 Å². The molecule has 0 amide bonds. The standard InChI is InChI=1S/C11H25O3Si/c1-5-9-12-15(8-4,13-10-6-2)14-11-7-3/h8H,5-7,9-11H2,1-4H3. The van der Waals surface area contributed by atoms with Gasteiger partial charge in [-0.3, -0.25) is 0 Å². The van der Waals surface area contributed by atoms with Gasteiger partial charge in [0.2, 0.25) is 0 Å². The van der Waals surface area contributed by atoms with Crippen molar-refractivity contribution in [3.8, 4) is 0 Å². The summed E-state index contributed by atoms with van der Waals surface area (Å²) in [6, 6.07) is 1.98. The lowest BCUT2D eigenvalue weighted by Crippen LogP contribution is -2.47. The van der Waals surface area contributed by atoms with Crippen molar-refractivity contribution in [3.05, 3.63) is 6.04 Å². The van der Waals surface area contributed by atoms with E-state index in [1.54, 1.807) is 0 Å². The van der Waals surface area contributed by atoms with Crippen LogP contribution in [0.1, 0.15) is 47.0 Å². The zero-order valence-corrected chi connectivity index (χ0v) is 11.5. The first-order valence-electron chi connectivity index (χ1n) is 5.97. The maximum Gasteiger partial charge on any atom is 0.504 e. The van der Waals surface area contributed by atoms with Crippen LogP contribution in [0.15, 0.2) is 0 Å². The lowest BCUT2D eigenvalue weighted by molar-refractivity contribution is 0.0672. The minimum atomic E-state index is -2.46. The van der Waals surface area contributed by atoms with Gasteiger partial charge in [0.05, 0.1) is 0 Å².